The quantitative estimate of drug-likeness (QED) is 0.345. The lowest BCUT2D eigenvalue weighted by molar-refractivity contribution is 0.104. The lowest BCUT2D eigenvalue weighted by Crippen LogP contribution is -2.30. The Morgan fingerprint density at radius 1 is 0.769 bits per heavy atom. The van der Waals surface area contributed by atoms with Gasteiger partial charge in [0.1, 0.15) is 0 Å². The molecule has 0 aliphatic heterocycles. The Bertz CT molecular complexity index is 385. The third kappa shape index (κ3) is 6.56. The minimum atomic E-state index is 0.903. The summed E-state index contributed by atoms with van der Waals surface area (Å²) in [4.78, 5) is 0. The fourth-order valence-corrected chi connectivity index (χ4v) is 6.43. The molecule has 0 aromatic heterocycles. The maximum atomic E-state index is 2.59. The third-order valence-electron chi connectivity index (χ3n) is 8.60. The van der Waals surface area contributed by atoms with Crippen LogP contribution in [0.4, 0.5) is 0 Å². The molecule has 9 unspecified atom stereocenters. The van der Waals surface area contributed by atoms with Gasteiger partial charge in [-0.3, -0.25) is 0 Å². The summed E-state index contributed by atoms with van der Waals surface area (Å²) in [6.45, 7) is 17.5. The summed E-state index contributed by atoms with van der Waals surface area (Å²) in [6.07, 6.45) is 14.7. The first-order chi connectivity index (χ1) is 12.3. The molecule has 0 aromatic rings. The normalized spacial score (nSPS) is 34.7. The average Bonchev–Trinajstić information content (AvgIpc) is 3.33. The van der Waals surface area contributed by atoms with Gasteiger partial charge in [0.25, 0.3) is 0 Å². The highest BCUT2D eigenvalue weighted by molar-refractivity contribution is 4.87. The van der Waals surface area contributed by atoms with Crippen LogP contribution < -0.4 is 0 Å². The van der Waals surface area contributed by atoms with Crippen molar-refractivity contribution in [3.05, 3.63) is 0 Å². The van der Waals surface area contributed by atoms with Gasteiger partial charge in [0.15, 0.2) is 0 Å². The Balaban J connectivity index is 1.89. The molecule has 0 aromatic carbocycles. The van der Waals surface area contributed by atoms with Gasteiger partial charge in [-0.1, -0.05) is 80.6 Å². The molecule has 9 atom stereocenters. The minimum absolute atomic E-state index is 0.903. The molecule has 0 bridgehead atoms. The highest BCUT2D eigenvalue weighted by Gasteiger charge is 2.37. The van der Waals surface area contributed by atoms with E-state index in [2.05, 4.69) is 48.5 Å². The Morgan fingerprint density at radius 3 is 2.00 bits per heavy atom. The molecule has 2 aliphatic carbocycles. The van der Waals surface area contributed by atoms with Gasteiger partial charge in [-0.15, -0.1) is 0 Å². The SMILES string of the molecule is CCC(C)CC(C)C(CCC(C)CC(C)C1CC1C)C1CCCCC1C. The monoisotopic (exact) mass is 362 g/mol. The van der Waals surface area contributed by atoms with E-state index in [4.69, 9.17) is 0 Å². The Labute approximate surface area is 166 Å². The van der Waals surface area contributed by atoms with Crippen LogP contribution in [0, 0.1) is 53.3 Å². The molecule has 2 saturated carbocycles. The topological polar surface area (TPSA) is 0 Å². The minimum Gasteiger partial charge on any atom is -0.0651 e. The number of hydrogen-bond acceptors (Lipinski definition) is 0. The lowest BCUT2D eigenvalue weighted by atomic mass is 9.66. The fraction of sp³-hybridized carbons (Fsp3) is 1.00. The molecular weight excluding hydrogens is 312 g/mol. The largest absolute Gasteiger partial charge is 0.0651 e. The molecule has 0 amide bonds. The molecule has 0 heteroatoms. The predicted octanol–water partition coefficient (Wildman–Crippen LogP) is 8.60. The molecular formula is C26H50. The van der Waals surface area contributed by atoms with E-state index in [0.29, 0.717) is 0 Å². The van der Waals surface area contributed by atoms with Crippen molar-refractivity contribution >= 4 is 0 Å². The van der Waals surface area contributed by atoms with E-state index in [1.54, 1.807) is 0 Å². The summed E-state index contributed by atoms with van der Waals surface area (Å²) in [5.74, 6) is 8.74. The van der Waals surface area contributed by atoms with Gasteiger partial charge in [0.2, 0.25) is 0 Å². The zero-order valence-corrected chi connectivity index (χ0v) is 19.3. The van der Waals surface area contributed by atoms with Crippen molar-refractivity contribution in [2.24, 2.45) is 53.3 Å². The molecule has 0 spiro atoms. The maximum absolute atomic E-state index is 2.59. The molecule has 0 radical (unpaired) electrons. The van der Waals surface area contributed by atoms with E-state index in [1.807, 2.05) is 0 Å². The van der Waals surface area contributed by atoms with Crippen molar-refractivity contribution in [2.75, 3.05) is 0 Å². The van der Waals surface area contributed by atoms with Crippen LogP contribution >= 0.6 is 0 Å². The molecule has 0 heterocycles. The Hall–Kier alpha value is 0. The number of rotatable bonds is 11. The first-order valence-electron chi connectivity index (χ1n) is 12.3. The van der Waals surface area contributed by atoms with Crippen LogP contribution in [0.1, 0.15) is 113 Å². The summed E-state index contributed by atoms with van der Waals surface area (Å²) in [5, 5.41) is 0. The summed E-state index contributed by atoms with van der Waals surface area (Å²) >= 11 is 0. The van der Waals surface area contributed by atoms with Gasteiger partial charge in [-0.05, 0) is 85.4 Å². The molecule has 0 N–H and O–H groups in total. The van der Waals surface area contributed by atoms with E-state index in [-0.39, 0.29) is 0 Å². The highest BCUT2D eigenvalue weighted by Crippen LogP contribution is 2.47. The summed E-state index contributed by atoms with van der Waals surface area (Å²) < 4.78 is 0. The zero-order chi connectivity index (χ0) is 19.3. The molecule has 0 saturated heterocycles. The molecule has 2 fully saturated rings. The van der Waals surface area contributed by atoms with Gasteiger partial charge in [-0.2, -0.15) is 0 Å². The van der Waals surface area contributed by atoms with E-state index in [0.717, 1.165) is 53.3 Å². The van der Waals surface area contributed by atoms with Crippen LogP contribution in [0.15, 0.2) is 0 Å². The van der Waals surface area contributed by atoms with E-state index in [9.17, 15) is 0 Å². The van der Waals surface area contributed by atoms with Crippen molar-refractivity contribution in [3.63, 3.8) is 0 Å². The van der Waals surface area contributed by atoms with Crippen molar-refractivity contribution in [1.29, 1.82) is 0 Å². The summed E-state index contributed by atoms with van der Waals surface area (Å²) in [6, 6.07) is 0. The first kappa shape index (κ1) is 22.3. The van der Waals surface area contributed by atoms with Gasteiger partial charge in [-0.25, -0.2) is 0 Å². The smallest absolute Gasteiger partial charge is 0.0357 e. The van der Waals surface area contributed by atoms with Crippen LogP contribution in [-0.4, -0.2) is 0 Å². The lowest BCUT2D eigenvalue weighted by Gasteiger charge is -2.40. The predicted molar refractivity (Wildman–Crippen MR) is 117 cm³/mol. The molecule has 26 heavy (non-hydrogen) atoms. The van der Waals surface area contributed by atoms with Crippen molar-refractivity contribution in [3.8, 4) is 0 Å². The second kappa shape index (κ2) is 10.5. The molecule has 2 rings (SSSR count). The van der Waals surface area contributed by atoms with Crippen molar-refractivity contribution in [1.82, 2.24) is 0 Å². The van der Waals surface area contributed by atoms with Crippen LogP contribution in [0.2, 0.25) is 0 Å². The van der Waals surface area contributed by atoms with Crippen LogP contribution in [-0.2, 0) is 0 Å². The Kier molecular flexibility index (Phi) is 9.02. The van der Waals surface area contributed by atoms with Crippen molar-refractivity contribution in [2.45, 2.75) is 113 Å². The first-order valence-corrected chi connectivity index (χ1v) is 12.3. The van der Waals surface area contributed by atoms with Crippen LogP contribution in [0.25, 0.3) is 0 Å². The zero-order valence-electron chi connectivity index (χ0n) is 19.3. The van der Waals surface area contributed by atoms with Gasteiger partial charge in [0.05, 0.1) is 0 Å². The van der Waals surface area contributed by atoms with Gasteiger partial charge >= 0.3 is 0 Å². The maximum Gasteiger partial charge on any atom is -0.0357 e. The summed E-state index contributed by atoms with van der Waals surface area (Å²) in [5.41, 5.74) is 0. The van der Waals surface area contributed by atoms with Crippen LogP contribution in [0.3, 0.4) is 0 Å². The Morgan fingerprint density at radius 2 is 1.42 bits per heavy atom. The van der Waals surface area contributed by atoms with E-state index >= 15 is 0 Å². The molecule has 0 nitrogen and oxygen atoms in total. The third-order valence-corrected chi connectivity index (χ3v) is 8.60. The average molecular weight is 363 g/mol. The summed E-state index contributed by atoms with van der Waals surface area (Å²) in [7, 11) is 0. The fourth-order valence-electron chi connectivity index (χ4n) is 6.43. The molecule has 2 aliphatic rings. The van der Waals surface area contributed by atoms with Gasteiger partial charge < -0.3 is 0 Å². The second-order valence-electron chi connectivity index (χ2n) is 11.1. The second-order valence-corrected chi connectivity index (χ2v) is 11.1. The number of hydrogen-bond donors (Lipinski definition) is 0. The van der Waals surface area contributed by atoms with Crippen molar-refractivity contribution < 1.29 is 0 Å². The van der Waals surface area contributed by atoms with E-state index in [1.165, 1.54) is 64.2 Å². The highest BCUT2D eigenvalue weighted by atomic mass is 14.4. The van der Waals surface area contributed by atoms with E-state index < -0.39 is 0 Å². The molecule has 154 valence electrons. The van der Waals surface area contributed by atoms with Crippen LogP contribution in [0.5, 0.6) is 0 Å². The standard InChI is InChI=1S/C26H50/c1-8-18(2)15-21(5)25(24-12-10-9-11-20(24)4)14-13-19(3)16-22(6)26-17-23(26)7/h18-26H,8-17H2,1-7H3. The van der Waals surface area contributed by atoms with Gasteiger partial charge in [0, 0.05) is 0 Å².